The van der Waals surface area contributed by atoms with Gasteiger partial charge in [0.05, 0.1) is 25.2 Å². The Labute approximate surface area is 316 Å². The van der Waals surface area contributed by atoms with Crippen LogP contribution < -0.4 is 10.6 Å². The highest BCUT2D eigenvalue weighted by Gasteiger charge is 2.72. The molecule has 0 aromatic carbocycles. The van der Waals surface area contributed by atoms with Crippen LogP contribution in [0.4, 0.5) is 0 Å². The summed E-state index contributed by atoms with van der Waals surface area (Å²) in [5.74, 6) is 2.17. The highest BCUT2D eigenvalue weighted by atomic mass is 32.2. The van der Waals surface area contributed by atoms with Crippen molar-refractivity contribution in [2.45, 2.75) is 130 Å². The third-order valence-electron chi connectivity index (χ3n) is 16.3. The molecule has 10 heteroatoms. The van der Waals surface area contributed by atoms with E-state index in [1.54, 1.807) is 23.5 Å². The largest absolute Gasteiger partial charge is 0.467 e. The zero-order valence-corrected chi connectivity index (χ0v) is 34.4. The first-order valence-corrected chi connectivity index (χ1v) is 22.4. The van der Waals surface area contributed by atoms with Crippen molar-refractivity contribution in [3.8, 4) is 0 Å². The minimum atomic E-state index is -0.750. The van der Waals surface area contributed by atoms with Crippen LogP contribution in [0.3, 0.4) is 0 Å². The van der Waals surface area contributed by atoms with E-state index in [0.717, 1.165) is 69.8 Å². The fourth-order valence-electron chi connectivity index (χ4n) is 13.3. The molecule has 290 valence electrons. The Balaban J connectivity index is 1.45. The van der Waals surface area contributed by atoms with Gasteiger partial charge in [0.1, 0.15) is 12.1 Å². The summed E-state index contributed by atoms with van der Waals surface area (Å²) < 4.78 is 5.01. The van der Waals surface area contributed by atoms with E-state index in [1.807, 2.05) is 12.5 Å². The Kier molecular flexibility index (Phi) is 12.4. The lowest BCUT2D eigenvalue weighted by atomic mass is 9.32. The molecule has 0 aromatic rings. The molecule has 5 aliphatic rings. The number of hydrogen-bond donors (Lipinski definition) is 4. The smallest absolute Gasteiger partial charge is 0.328 e. The molecule has 0 aromatic heterocycles. The predicted molar refractivity (Wildman–Crippen MR) is 208 cm³/mol. The van der Waals surface area contributed by atoms with E-state index in [9.17, 15) is 24.6 Å². The van der Waals surface area contributed by atoms with Gasteiger partial charge in [-0.25, -0.2) is 4.79 Å². The number of nitrogens with one attached hydrogen (secondary N) is 2. The van der Waals surface area contributed by atoms with E-state index in [0.29, 0.717) is 36.2 Å². The maximum atomic E-state index is 14.9. The number of thioether (sulfide) groups is 2. The number of amides is 2. The summed E-state index contributed by atoms with van der Waals surface area (Å²) in [7, 11) is 1.34. The summed E-state index contributed by atoms with van der Waals surface area (Å²) in [5, 5.41) is 28.0. The van der Waals surface area contributed by atoms with E-state index in [1.165, 1.54) is 7.11 Å². The van der Waals surface area contributed by atoms with Crippen molar-refractivity contribution in [1.29, 1.82) is 0 Å². The van der Waals surface area contributed by atoms with Crippen molar-refractivity contribution in [3.63, 3.8) is 0 Å². The van der Waals surface area contributed by atoms with Gasteiger partial charge in [0.15, 0.2) is 0 Å². The molecule has 0 saturated heterocycles. The van der Waals surface area contributed by atoms with Gasteiger partial charge in [-0.2, -0.15) is 23.5 Å². The maximum Gasteiger partial charge on any atom is 0.328 e. The number of aliphatic hydroxyl groups excluding tert-OH is 2. The average molecular weight is 749 g/mol. The number of methoxy groups -OCH3 is 1. The molecule has 8 nitrogen and oxygen atoms in total. The molecule has 5 fully saturated rings. The predicted octanol–water partition coefficient (Wildman–Crippen LogP) is 6.63. The lowest BCUT2D eigenvalue weighted by Gasteiger charge is -2.73. The second-order valence-electron chi connectivity index (χ2n) is 18.2. The van der Waals surface area contributed by atoms with Gasteiger partial charge < -0.3 is 25.6 Å². The molecule has 5 saturated carbocycles. The van der Waals surface area contributed by atoms with Crippen molar-refractivity contribution in [3.05, 3.63) is 12.2 Å². The zero-order valence-electron chi connectivity index (χ0n) is 32.8. The molecule has 5 aliphatic carbocycles. The molecule has 0 heterocycles. The van der Waals surface area contributed by atoms with Gasteiger partial charge in [-0.15, -0.1) is 0 Å². The molecule has 0 aliphatic heterocycles. The van der Waals surface area contributed by atoms with Gasteiger partial charge in [-0.1, -0.05) is 39.8 Å². The minimum Gasteiger partial charge on any atom is -0.467 e. The summed E-state index contributed by atoms with van der Waals surface area (Å²) in [6, 6.07) is -1.48. The van der Waals surface area contributed by atoms with Crippen LogP contribution in [0.1, 0.15) is 112 Å². The maximum absolute atomic E-state index is 14.9. The van der Waals surface area contributed by atoms with E-state index in [2.05, 4.69) is 51.8 Å². The summed E-state index contributed by atoms with van der Waals surface area (Å²) in [4.78, 5) is 41.4. The topological polar surface area (TPSA) is 125 Å². The van der Waals surface area contributed by atoms with E-state index < -0.39 is 35.0 Å². The van der Waals surface area contributed by atoms with Crippen LogP contribution >= 0.6 is 23.5 Å². The summed E-state index contributed by atoms with van der Waals surface area (Å²) in [5.41, 5.74) is 0.263. The third-order valence-corrected chi connectivity index (χ3v) is 17.6. The highest BCUT2D eigenvalue weighted by Crippen LogP contribution is 2.77. The molecule has 13 atom stereocenters. The second-order valence-corrected chi connectivity index (χ2v) is 20.2. The van der Waals surface area contributed by atoms with Crippen LogP contribution in [-0.4, -0.2) is 83.9 Å². The zero-order chi connectivity index (χ0) is 37.6. The molecule has 0 spiro atoms. The standard InChI is InChI=1S/C41H68N2O6S2/c1-25(2)26-12-19-41(36(48)43-28(15-22-50-8)34(46)42-29(16-23-51-9)35(47)49-7)21-20-39(5)27(33(26)41)10-11-31-37(3)17-14-32(45)38(4,24-44)30(37)13-18-40(31,39)6/h26-33,44-45H,1,10-24H2,2-9H3,(H,42,46)(H,43,48)/t26-,27?,28?,29?,30?,31?,32-,33?,37-,38-,39+,40+,41-/m0/s1. The van der Waals surface area contributed by atoms with Crippen LogP contribution in [0.25, 0.3) is 0 Å². The van der Waals surface area contributed by atoms with Gasteiger partial charge in [0, 0.05) is 5.41 Å². The number of fused-ring (bicyclic) bond motifs is 7. The Morgan fingerprint density at radius 3 is 2.12 bits per heavy atom. The van der Waals surface area contributed by atoms with E-state index >= 15 is 0 Å². The van der Waals surface area contributed by atoms with Crippen molar-refractivity contribution in [2.24, 2.45) is 56.7 Å². The quantitative estimate of drug-likeness (QED) is 0.122. The Morgan fingerprint density at radius 2 is 1.51 bits per heavy atom. The van der Waals surface area contributed by atoms with E-state index in [4.69, 9.17) is 4.74 Å². The number of rotatable bonds is 13. The lowest BCUT2D eigenvalue weighted by molar-refractivity contribution is -0.252. The van der Waals surface area contributed by atoms with Gasteiger partial charge in [0.2, 0.25) is 11.8 Å². The first kappa shape index (κ1) is 40.9. The Hall–Kier alpha value is -1.23. The molecule has 6 unspecified atom stereocenters. The minimum absolute atomic E-state index is 0.00112. The molecular formula is C41H68N2O6S2. The van der Waals surface area contributed by atoms with Crippen LogP contribution in [0.5, 0.6) is 0 Å². The van der Waals surface area contributed by atoms with Crippen molar-refractivity contribution in [1.82, 2.24) is 10.6 Å². The fourth-order valence-corrected chi connectivity index (χ4v) is 14.2. The summed E-state index contributed by atoms with van der Waals surface area (Å²) in [6.45, 7) is 16.4. The van der Waals surface area contributed by atoms with Gasteiger partial charge in [-0.3, -0.25) is 9.59 Å². The van der Waals surface area contributed by atoms with Crippen LogP contribution in [-0.2, 0) is 19.1 Å². The molecule has 0 radical (unpaired) electrons. The SMILES string of the molecule is C=C(C)[C@@H]1CC[C@]2(C(=O)NC(CCSC)C(=O)NC(CCSC)C(=O)OC)CC[C@]3(C)C(CCC4[C@@]5(C)CC[C@H](O)[C@@](C)(CO)C5CC[C@]43C)C12. The van der Waals surface area contributed by atoms with Crippen molar-refractivity contribution in [2.75, 3.05) is 37.7 Å². The number of carbonyl (C=O) groups is 3. The number of allylic oxidation sites excluding steroid dienone is 1. The monoisotopic (exact) mass is 748 g/mol. The normalized spacial score (nSPS) is 42.6. The highest BCUT2D eigenvalue weighted by molar-refractivity contribution is 7.98. The molecule has 2 amide bonds. The molecule has 5 rings (SSSR count). The fraction of sp³-hybridized carbons (Fsp3) is 0.878. The number of aliphatic hydroxyl groups is 2. The lowest BCUT2D eigenvalue weighted by Crippen LogP contribution is -2.68. The summed E-state index contributed by atoms with van der Waals surface area (Å²) in [6.07, 6.45) is 13.9. The first-order valence-electron chi connectivity index (χ1n) is 19.7. The third kappa shape index (κ3) is 6.64. The van der Waals surface area contributed by atoms with Crippen molar-refractivity contribution < 1.29 is 29.3 Å². The van der Waals surface area contributed by atoms with Gasteiger partial charge in [0.25, 0.3) is 0 Å². The van der Waals surface area contributed by atoms with Gasteiger partial charge >= 0.3 is 5.97 Å². The number of carbonyl (C=O) groups excluding carboxylic acids is 3. The average Bonchev–Trinajstić information content (AvgIpc) is 3.51. The van der Waals surface area contributed by atoms with Crippen LogP contribution in [0, 0.1) is 56.7 Å². The van der Waals surface area contributed by atoms with Gasteiger partial charge in [-0.05, 0) is 154 Å². The molecule has 51 heavy (non-hydrogen) atoms. The second kappa shape index (κ2) is 15.5. The summed E-state index contributed by atoms with van der Waals surface area (Å²) >= 11 is 3.25. The number of hydrogen-bond acceptors (Lipinski definition) is 8. The Bertz CT molecular complexity index is 1330. The van der Waals surface area contributed by atoms with Crippen LogP contribution in [0.15, 0.2) is 12.2 Å². The van der Waals surface area contributed by atoms with E-state index in [-0.39, 0.29) is 52.4 Å². The molecule has 4 N–H and O–H groups in total. The number of ether oxygens (including phenoxy) is 1. The molecular weight excluding hydrogens is 681 g/mol. The molecule has 0 bridgehead atoms. The van der Waals surface area contributed by atoms with Crippen LogP contribution in [0.2, 0.25) is 0 Å². The number of esters is 1. The Morgan fingerprint density at radius 1 is 0.843 bits per heavy atom. The van der Waals surface area contributed by atoms with Crippen molar-refractivity contribution >= 4 is 41.3 Å². The first-order chi connectivity index (χ1) is 24.0.